The third-order valence-corrected chi connectivity index (χ3v) is 2.99. The summed E-state index contributed by atoms with van der Waals surface area (Å²) >= 11 is 11.8. The fourth-order valence-electron chi connectivity index (χ4n) is 1.31. The van der Waals surface area contributed by atoms with Crippen molar-refractivity contribution in [2.24, 2.45) is 0 Å². The molecule has 18 heavy (non-hydrogen) atoms. The van der Waals surface area contributed by atoms with Gasteiger partial charge in [0.1, 0.15) is 29.4 Å². The van der Waals surface area contributed by atoms with Crippen molar-refractivity contribution in [1.29, 1.82) is 0 Å². The van der Waals surface area contributed by atoms with E-state index < -0.39 is 5.97 Å². The summed E-state index contributed by atoms with van der Waals surface area (Å²) in [5.74, 6) is -0.244. The molecule has 0 amide bonds. The molecule has 1 heterocycles. The third kappa shape index (κ3) is 2.78. The van der Waals surface area contributed by atoms with Crippen LogP contribution in [0.3, 0.4) is 0 Å². The van der Waals surface area contributed by atoms with Crippen LogP contribution in [0.25, 0.3) is 0 Å². The predicted molar refractivity (Wildman–Crippen MR) is 66.5 cm³/mol. The van der Waals surface area contributed by atoms with Gasteiger partial charge in [0.2, 0.25) is 0 Å². The van der Waals surface area contributed by atoms with Gasteiger partial charge < -0.3 is 14.3 Å². The zero-order chi connectivity index (χ0) is 13.1. The summed E-state index contributed by atoms with van der Waals surface area (Å²) in [5, 5.41) is 9.42. The van der Waals surface area contributed by atoms with E-state index >= 15 is 0 Å². The molecule has 2 aromatic rings. The number of hydrogen-bond donors (Lipinski definition) is 1. The molecule has 1 aromatic carbocycles. The summed E-state index contributed by atoms with van der Waals surface area (Å²) in [5.41, 5.74) is 0.0748. The number of furan rings is 1. The maximum Gasteiger partial charge on any atom is 0.338 e. The Morgan fingerprint density at radius 1 is 1.39 bits per heavy atom. The number of carboxylic acid groups (broad SMARTS) is 1. The Hall–Kier alpha value is -1.65. The summed E-state index contributed by atoms with van der Waals surface area (Å²) in [6.45, 7) is 0.0767. The smallest absolute Gasteiger partial charge is 0.338 e. The summed E-state index contributed by atoms with van der Waals surface area (Å²) in [6, 6.07) is 6.40. The minimum atomic E-state index is -1.05. The second-order valence-electron chi connectivity index (χ2n) is 3.45. The first-order valence-electron chi connectivity index (χ1n) is 4.95. The van der Waals surface area contributed by atoms with Crippen LogP contribution in [0.1, 0.15) is 16.1 Å². The van der Waals surface area contributed by atoms with Gasteiger partial charge in [0, 0.05) is 0 Å². The fraction of sp³-hybridized carbons (Fsp3) is 0.0833. The van der Waals surface area contributed by atoms with Crippen LogP contribution >= 0.6 is 23.2 Å². The highest BCUT2D eigenvalue weighted by Crippen LogP contribution is 2.31. The predicted octanol–water partition coefficient (Wildman–Crippen LogP) is 3.86. The Bertz CT molecular complexity index is 577. The average Bonchev–Trinajstić information content (AvgIpc) is 2.80. The van der Waals surface area contributed by atoms with Gasteiger partial charge in [0.15, 0.2) is 0 Å². The number of hydrogen-bond acceptors (Lipinski definition) is 3. The molecule has 94 valence electrons. The molecule has 4 nitrogen and oxygen atoms in total. The SMILES string of the molecule is O=C(O)c1coc(COc2cccc(Cl)c2Cl)c1. The second-order valence-corrected chi connectivity index (χ2v) is 4.23. The van der Waals surface area contributed by atoms with Crippen molar-refractivity contribution in [2.45, 2.75) is 6.61 Å². The molecule has 0 fully saturated rings. The maximum atomic E-state index is 10.6. The molecule has 1 N–H and O–H groups in total. The molecule has 2 rings (SSSR count). The highest BCUT2D eigenvalue weighted by molar-refractivity contribution is 6.42. The number of aromatic carboxylic acids is 1. The molecule has 0 atom stereocenters. The van der Waals surface area contributed by atoms with Crippen LogP contribution in [0.5, 0.6) is 5.75 Å². The van der Waals surface area contributed by atoms with E-state index in [4.69, 9.17) is 37.5 Å². The summed E-state index contributed by atoms with van der Waals surface area (Å²) in [6.07, 6.45) is 1.15. The van der Waals surface area contributed by atoms with Crippen molar-refractivity contribution < 1.29 is 19.1 Å². The summed E-state index contributed by atoms with van der Waals surface area (Å²) in [4.78, 5) is 10.6. The summed E-state index contributed by atoms with van der Waals surface area (Å²) in [7, 11) is 0. The van der Waals surface area contributed by atoms with Gasteiger partial charge in [-0.1, -0.05) is 29.3 Å². The first kappa shape index (κ1) is 12.8. The molecule has 0 saturated carbocycles. The Balaban J connectivity index is 2.07. The molecule has 0 radical (unpaired) electrons. The molecule has 0 spiro atoms. The number of rotatable bonds is 4. The van der Waals surface area contributed by atoms with Gasteiger partial charge in [-0.25, -0.2) is 4.79 Å². The van der Waals surface area contributed by atoms with Crippen molar-refractivity contribution in [3.05, 3.63) is 51.9 Å². The molecule has 0 aliphatic carbocycles. The molecular weight excluding hydrogens is 279 g/mol. The van der Waals surface area contributed by atoms with Crippen molar-refractivity contribution >= 4 is 29.2 Å². The van der Waals surface area contributed by atoms with E-state index in [9.17, 15) is 4.79 Å². The Morgan fingerprint density at radius 2 is 2.17 bits per heavy atom. The van der Waals surface area contributed by atoms with Gasteiger partial charge in [-0.15, -0.1) is 0 Å². The topological polar surface area (TPSA) is 59.7 Å². The normalized spacial score (nSPS) is 10.3. The number of benzene rings is 1. The van der Waals surface area contributed by atoms with Crippen LogP contribution < -0.4 is 4.74 Å². The largest absolute Gasteiger partial charge is 0.484 e. The molecule has 0 aliphatic heterocycles. The Kier molecular flexibility index (Phi) is 3.79. The molecule has 0 unspecified atom stereocenters. The highest BCUT2D eigenvalue weighted by atomic mass is 35.5. The van der Waals surface area contributed by atoms with Gasteiger partial charge >= 0.3 is 5.97 Å². The van der Waals surface area contributed by atoms with Crippen LogP contribution in [0, 0.1) is 0 Å². The lowest BCUT2D eigenvalue weighted by Crippen LogP contribution is -1.95. The van der Waals surface area contributed by atoms with Crippen molar-refractivity contribution in [1.82, 2.24) is 0 Å². The second kappa shape index (κ2) is 5.33. The van der Waals surface area contributed by atoms with Crippen LogP contribution in [0.15, 0.2) is 34.9 Å². The first-order valence-corrected chi connectivity index (χ1v) is 5.71. The maximum absolute atomic E-state index is 10.6. The Labute approximate surface area is 113 Å². The first-order chi connectivity index (χ1) is 8.58. The molecule has 0 bridgehead atoms. The van der Waals surface area contributed by atoms with Crippen LogP contribution in [0.4, 0.5) is 0 Å². The summed E-state index contributed by atoms with van der Waals surface area (Å²) < 4.78 is 10.4. The van der Waals surface area contributed by atoms with E-state index in [0.29, 0.717) is 21.6 Å². The minimum Gasteiger partial charge on any atom is -0.484 e. The van der Waals surface area contributed by atoms with Gasteiger partial charge in [0.25, 0.3) is 0 Å². The molecule has 6 heteroatoms. The van der Waals surface area contributed by atoms with E-state index in [-0.39, 0.29) is 12.2 Å². The van der Waals surface area contributed by atoms with E-state index in [1.165, 1.54) is 6.07 Å². The van der Waals surface area contributed by atoms with Crippen molar-refractivity contribution in [2.75, 3.05) is 0 Å². The lowest BCUT2D eigenvalue weighted by molar-refractivity contribution is 0.0696. The monoisotopic (exact) mass is 286 g/mol. The van der Waals surface area contributed by atoms with E-state index in [1.807, 2.05) is 0 Å². The molecular formula is C12H8Cl2O4. The molecule has 0 aliphatic rings. The third-order valence-electron chi connectivity index (χ3n) is 2.19. The number of carbonyl (C=O) groups is 1. The van der Waals surface area contributed by atoms with E-state index in [2.05, 4.69) is 0 Å². The minimum absolute atomic E-state index is 0.0748. The number of halogens is 2. The zero-order valence-corrected chi connectivity index (χ0v) is 10.5. The quantitative estimate of drug-likeness (QED) is 0.927. The number of carboxylic acids is 1. The lowest BCUT2D eigenvalue weighted by Gasteiger charge is -2.06. The van der Waals surface area contributed by atoms with Crippen LogP contribution in [-0.2, 0) is 6.61 Å². The van der Waals surface area contributed by atoms with Gasteiger partial charge in [0.05, 0.1) is 10.6 Å². The highest BCUT2D eigenvalue weighted by Gasteiger charge is 2.10. The Morgan fingerprint density at radius 3 is 2.83 bits per heavy atom. The zero-order valence-electron chi connectivity index (χ0n) is 9.02. The van der Waals surface area contributed by atoms with Gasteiger partial charge in [-0.05, 0) is 18.2 Å². The van der Waals surface area contributed by atoms with Gasteiger partial charge in [-0.2, -0.15) is 0 Å². The van der Waals surface area contributed by atoms with E-state index in [1.54, 1.807) is 18.2 Å². The number of ether oxygens (including phenoxy) is 1. The molecule has 0 saturated heterocycles. The van der Waals surface area contributed by atoms with Gasteiger partial charge in [-0.3, -0.25) is 0 Å². The molecule has 1 aromatic heterocycles. The fourth-order valence-corrected chi connectivity index (χ4v) is 1.66. The average molecular weight is 287 g/mol. The van der Waals surface area contributed by atoms with Crippen LogP contribution in [-0.4, -0.2) is 11.1 Å². The van der Waals surface area contributed by atoms with E-state index in [0.717, 1.165) is 6.26 Å². The lowest BCUT2D eigenvalue weighted by atomic mass is 10.3. The van der Waals surface area contributed by atoms with Crippen molar-refractivity contribution in [3.63, 3.8) is 0 Å². The van der Waals surface area contributed by atoms with Crippen LogP contribution in [0.2, 0.25) is 10.0 Å². The van der Waals surface area contributed by atoms with Crippen molar-refractivity contribution in [3.8, 4) is 5.75 Å². The standard InChI is InChI=1S/C12H8Cl2O4/c13-9-2-1-3-10(11(9)14)18-6-8-4-7(5-17-8)12(15)16/h1-5H,6H2,(H,15,16).